The third kappa shape index (κ3) is 6.69. The highest BCUT2D eigenvalue weighted by Gasteiger charge is 2.50. The van der Waals surface area contributed by atoms with E-state index in [-0.39, 0.29) is 23.1 Å². The zero-order chi connectivity index (χ0) is 28.3. The number of rotatable bonds is 12. The lowest BCUT2D eigenvalue weighted by molar-refractivity contribution is 0.0645. The maximum atomic E-state index is 11.3. The average molecular weight is 523 g/mol. The summed E-state index contributed by atoms with van der Waals surface area (Å²) in [6.07, 6.45) is 17.1. The summed E-state index contributed by atoms with van der Waals surface area (Å²) in [5, 5.41) is 18.9. The van der Waals surface area contributed by atoms with Gasteiger partial charge in [-0.25, -0.2) is 0 Å². The summed E-state index contributed by atoms with van der Waals surface area (Å²) < 4.78 is 0. The van der Waals surface area contributed by atoms with Gasteiger partial charge in [-0.05, 0) is 92.8 Å². The maximum absolute atomic E-state index is 11.3. The third-order valence-corrected chi connectivity index (χ3v) is 9.62. The predicted molar refractivity (Wildman–Crippen MR) is 165 cm³/mol. The van der Waals surface area contributed by atoms with Gasteiger partial charge in [0.2, 0.25) is 0 Å². The molecule has 0 amide bonds. The van der Waals surface area contributed by atoms with E-state index in [0.717, 1.165) is 37.2 Å². The molecule has 0 spiro atoms. The fraction of sp³-hybridized carbons (Fsp3) is 0.714. The Hall–Kier alpha value is -1.74. The molecule has 3 aliphatic rings. The molecule has 0 bridgehead atoms. The first kappa shape index (κ1) is 30.8. The van der Waals surface area contributed by atoms with Gasteiger partial charge in [0.15, 0.2) is 0 Å². The second-order valence-electron chi connectivity index (χ2n) is 14.1. The van der Waals surface area contributed by atoms with Crippen molar-refractivity contribution in [1.82, 2.24) is 10.6 Å². The van der Waals surface area contributed by atoms with Crippen LogP contribution in [0.5, 0.6) is 0 Å². The van der Waals surface area contributed by atoms with Crippen LogP contribution in [0, 0.1) is 29.6 Å². The highest BCUT2D eigenvalue weighted by molar-refractivity contribution is 5.61. The Balaban J connectivity index is 1.94. The molecule has 214 valence electrons. The third-order valence-electron chi connectivity index (χ3n) is 9.62. The molecule has 0 aromatic rings. The number of allylic oxidation sites excluding steroid dienone is 1. The molecule has 38 heavy (non-hydrogen) atoms. The molecule has 0 aromatic carbocycles. The van der Waals surface area contributed by atoms with Crippen LogP contribution >= 0.6 is 0 Å². The standard InChI is InChI=1S/C35H58N2O/c1-23(2)16-17-34(10)28(9)32(22-36-34)35(20-25(5)6)27(8)31(21-37-35)30(19-29-14-12-11-13-15-29)26(7)33(38)18-24(3)4/h16,21-22,24-26,29-30,33,36-38H,8-9,11-15,17-20H2,1-7,10H3/t26-,30+,33+,34+,35-/m1/s1. The monoisotopic (exact) mass is 522 g/mol. The van der Waals surface area contributed by atoms with Crippen molar-refractivity contribution in [3.8, 4) is 0 Å². The minimum Gasteiger partial charge on any atom is -0.393 e. The second-order valence-corrected chi connectivity index (χ2v) is 14.1. The van der Waals surface area contributed by atoms with Crippen LogP contribution in [0.3, 0.4) is 0 Å². The highest BCUT2D eigenvalue weighted by atomic mass is 16.3. The molecule has 3 rings (SSSR count). The van der Waals surface area contributed by atoms with Crippen molar-refractivity contribution in [3.63, 3.8) is 0 Å². The first-order valence-electron chi connectivity index (χ1n) is 15.5. The first-order valence-corrected chi connectivity index (χ1v) is 15.5. The lowest BCUT2D eigenvalue weighted by Crippen LogP contribution is -2.45. The molecule has 0 unspecified atom stereocenters. The Kier molecular flexibility index (Phi) is 10.2. The summed E-state index contributed by atoms with van der Waals surface area (Å²) in [5.74, 6) is 2.22. The van der Waals surface area contributed by atoms with Crippen molar-refractivity contribution in [2.45, 2.75) is 130 Å². The molecule has 2 heterocycles. The van der Waals surface area contributed by atoms with Crippen LogP contribution < -0.4 is 10.6 Å². The summed E-state index contributed by atoms with van der Waals surface area (Å²) in [7, 11) is 0. The molecular weight excluding hydrogens is 464 g/mol. The minimum absolute atomic E-state index is 0.191. The molecule has 3 nitrogen and oxygen atoms in total. The van der Waals surface area contributed by atoms with Crippen LogP contribution in [0.1, 0.15) is 113 Å². The van der Waals surface area contributed by atoms with E-state index in [1.807, 2.05) is 0 Å². The SMILES string of the molecule is C=C1C([C@@H](CC2CCCCC2)[C@@H](C)[C@@H](O)CC(C)C)=CN[C@@]1(CC(C)C)C1=CN[C@@](C)(CC=C(C)C)C1=C. The molecule has 3 N–H and O–H groups in total. The Morgan fingerprint density at radius 2 is 1.66 bits per heavy atom. The summed E-state index contributed by atoms with van der Waals surface area (Å²) in [6.45, 7) is 27.4. The van der Waals surface area contributed by atoms with Crippen molar-refractivity contribution in [2.75, 3.05) is 0 Å². The Morgan fingerprint density at radius 3 is 2.24 bits per heavy atom. The van der Waals surface area contributed by atoms with Crippen molar-refractivity contribution in [2.24, 2.45) is 29.6 Å². The van der Waals surface area contributed by atoms with E-state index in [4.69, 9.17) is 6.58 Å². The summed E-state index contributed by atoms with van der Waals surface area (Å²) in [5.41, 5.74) is 5.72. The van der Waals surface area contributed by atoms with Crippen molar-refractivity contribution < 1.29 is 5.11 Å². The topological polar surface area (TPSA) is 44.3 Å². The van der Waals surface area contributed by atoms with Gasteiger partial charge in [0.05, 0.1) is 17.2 Å². The summed E-state index contributed by atoms with van der Waals surface area (Å²) in [6, 6.07) is 0. The Labute approximate surface area is 235 Å². The summed E-state index contributed by atoms with van der Waals surface area (Å²) >= 11 is 0. The molecule has 1 saturated carbocycles. The van der Waals surface area contributed by atoms with Crippen molar-refractivity contribution in [3.05, 3.63) is 59.5 Å². The number of hydrogen-bond acceptors (Lipinski definition) is 3. The van der Waals surface area contributed by atoms with Gasteiger partial charge in [0.1, 0.15) is 0 Å². The van der Waals surface area contributed by atoms with Crippen LogP contribution in [-0.4, -0.2) is 22.3 Å². The maximum Gasteiger partial charge on any atom is 0.0892 e. The fourth-order valence-electron chi connectivity index (χ4n) is 7.14. The summed E-state index contributed by atoms with van der Waals surface area (Å²) in [4.78, 5) is 0. The lowest BCUT2D eigenvalue weighted by atomic mass is 9.67. The fourth-order valence-corrected chi connectivity index (χ4v) is 7.14. The van der Waals surface area contributed by atoms with Gasteiger partial charge in [-0.15, -0.1) is 0 Å². The molecule has 0 aromatic heterocycles. The van der Waals surface area contributed by atoms with Crippen LogP contribution in [0.15, 0.2) is 59.5 Å². The van der Waals surface area contributed by atoms with Gasteiger partial charge in [0, 0.05) is 18.0 Å². The van der Waals surface area contributed by atoms with Crippen LogP contribution in [0.25, 0.3) is 0 Å². The molecule has 0 saturated heterocycles. The molecule has 5 atom stereocenters. The number of nitrogens with one attached hydrogen (secondary N) is 2. The quantitative estimate of drug-likeness (QED) is 0.225. The molecule has 3 heteroatoms. The van der Waals surface area contributed by atoms with E-state index in [1.54, 1.807) is 0 Å². The lowest BCUT2D eigenvalue weighted by Gasteiger charge is -2.40. The van der Waals surface area contributed by atoms with Gasteiger partial charge in [0.25, 0.3) is 0 Å². The highest BCUT2D eigenvalue weighted by Crippen LogP contribution is 2.50. The van der Waals surface area contributed by atoms with Gasteiger partial charge >= 0.3 is 0 Å². The zero-order valence-corrected chi connectivity index (χ0v) is 25.9. The first-order chi connectivity index (χ1) is 17.8. The van der Waals surface area contributed by atoms with Gasteiger partial charge in [-0.2, -0.15) is 0 Å². The van der Waals surface area contributed by atoms with Gasteiger partial charge in [-0.3, -0.25) is 0 Å². The number of aliphatic hydroxyl groups is 1. The normalized spacial score (nSPS) is 28.6. The Morgan fingerprint density at radius 1 is 1.00 bits per heavy atom. The predicted octanol–water partition coefficient (Wildman–Crippen LogP) is 8.60. The van der Waals surface area contributed by atoms with E-state index in [1.165, 1.54) is 54.4 Å². The van der Waals surface area contributed by atoms with Crippen molar-refractivity contribution >= 4 is 0 Å². The van der Waals surface area contributed by atoms with E-state index >= 15 is 0 Å². The van der Waals surface area contributed by atoms with Gasteiger partial charge in [-0.1, -0.05) is 91.5 Å². The van der Waals surface area contributed by atoms with Gasteiger partial charge < -0.3 is 15.7 Å². The molecule has 0 radical (unpaired) electrons. The van der Waals surface area contributed by atoms with Crippen molar-refractivity contribution in [1.29, 1.82) is 0 Å². The molecular formula is C35H58N2O. The molecule has 1 fully saturated rings. The zero-order valence-electron chi connectivity index (χ0n) is 25.9. The van der Waals surface area contributed by atoms with E-state index in [9.17, 15) is 5.11 Å². The molecule has 1 aliphatic carbocycles. The van der Waals surface area contributed by atoms with E-state index < -0.39 is 0 Å². The van der Waals surface area contributed by atoms with E-state index in [0.29, 0.717) is 17.8 Å². The number of aliphatic hydroxyl groups excluding tert-OH is 1. The van der Waals surface area contributed by atoms with Crippen LogP contribution in [-0.2, 0) is 0 Å². The van der Waals surface area contributed by atoms with Crippen LogP contribution in [0.4, 0.5) is 0 Å². The van der Waals surface area contributed by atoms with E-state index in [2.05, 4.69) is 91.1 Å². The van der Waals surface area contributed by atoms with Crippen LogP contribution in [0.2, 0.25) is 0 Å². The smallest absolute Gasteiger partial charge is 0.0892 e. The molecule has 2 aliphatic heterocycles. The second kappa shape index (κ2) is 12.6. The minimum atomic E-state index is -0.357. The Bertz CT molecular complexity index is 943. The average Bonchev–Trinajstić information content (AvgIpc) is 3.32. The number of hydrogen-bond donors (Lipinski definition) is 3. The largest absolute Gasteiger partial charge is 0.393 e.